The molecular formula is C16H22O4S4. The molecule has 0 saturated heterocycles. The Morgan fingerprint density at radius 1 is 0.958 bits per heavy atom. The highest BCUT2D eigenvalue weighted by Gasteiger charge is 2.00. The van der Waals surface area contributed by atoms with Crippen LogP contribution in [-0.4, -0.2) is 45.1 Å². The van der Waals surface area contributed by atoms with Crippen molar-refractivity contribution in [2.45, 2.75) is 11.5 Å². The summed E-state index contributed by atoms with van der Waals surface area (Å²) in [6, 6.07) is 8.63. The van der Waals surface area contributed by atoms with Gasteiger partial charge in [-0.05, 0) is 17.7 Å². The molecule has 0 aliphatic rings. The van der Waals surface area contributed by atoms with Gasteiger partial charge in [0, 0.05) is 34.5 Å². The first-order chi connectivity index (χ1) is 11.6. The molecule has 134 valence electrons. The van der Waals surface area contributed by atoms with Crippen molar-refractivity contribution in [1.82, 2.24) is 0 Å². The minimum Gasteiger partial charge on any atom is -0.481 e. The molecular weight excluding hydrogens is 384 g/mol. The quantitative estimate of drug-likeness (QED) is 0.200. The number of carboxylic acids is 1. The smallest absolute Gasteiger partial charge is 0.313 e. The third kappa shape index (κ3) is 11.2. The van der Waals surface area contributed by atoms with Crippen LogP contribution in [0.4, 0.5) is 0 Å². The number of aliphatic carboxylic acids is 1. The molecule has 4 nitrogen and oxygen atoms in total. The minimum absolute atomic E-state index is 0.187. The lowest BCUT2D eigenvalue weighted by molar-refractivity contribution is -0.191. The van der Waals surface area contributed by atoms with E-state index in [-0.39, 0.29) is 5.75 Å². The van der Waals surface area contributed by atoms with Gasteiger partial charge in [0.15, 0.2) is 5.09 Å². The SMILES string of the molecule is C=C(OO)SCCSCc1ccc(CSCCSCC(=O)O)cc1. The van der Waals surface area contributed by atoms with Crippen molar-refractivity contribution < 1.29 is 20.0 Å². The molecule has 0 amide bonds. The molecule has 0 spiro atoms. The Bertz CT molecular complexity index is 493. The molecule has 0 aliphatic carbocycles. The molecule has 0 aromatic heterocycles. The monoisotopic (exact) mass is 406 g/mol. The zero-order valence-electron chi connectivity index (χ0n) is 13.3. The Morgan fingerprint density at radius 2 is 1.46 bits per heavy atom. The van der Waals surface area contributed by atoms with Crippen molar-refractivity contribution in [3.63, 3.8) is 0 Å². The molecule has 0 unspecified atom stereocenters. The van der Waals surface area contributed by atoms with Crippen molar-refractivity contribution in [1.29, 1.82) is 0 Å². The van der Waals surface area contributed by atoms with Gasteiger partial charge < -0.3 is 9.99 Å². The van der Waals surface area contributed by atoms with E-state index in [0.717, 1.165) is 34.5 Å². The average Bonchev–Trinajstić information content (AvgIpc) is 2.58. The summed E-state index contributed by atoms with van der Waals surface area (Å²) in [5.41, 5.74) is 2.59. The zero-order valence-corrected chi connectivity index (χ0v) is 16.6. The van der Waals surface area contributed by atoms with Crippen molar-refractivity contribution in [3.05, 3.63) is 47.1 Å². The summed E-state index contributed by atoms with van der Waals surface area (Å²) in [6.45, 7) is 3.54. The summed E-state index contributed by atoms with van der Waals surface area (Å²) in [5.74, 6) is 5.04. The molecule has 2 N–H and O–H groups in total. The summed E-state index contributed by atoms with van der Waals surface area (Å²) in [6.07, 6.45) is 0. The topological polar surface area (TPSA) is 66.8 Å². The molecule has 1 aromatic carbocycles. The fourth-order valence-corrected chi connectivity index (χ4v) is 5.12. The summed E-state index contributed by atoms with van der Waals surface area (Å²) < 4.78 is 0. The summed E-state index contributed by atoms with van der Waals surface area (Å²) in [7, 11) is 0. The Morgan fingerprint density at radius 3 is 1.96 bits per heavy atom. The van der Waals surface area contributed by atoms with Crippen LogP contribution in [0.25, 0.3) is 0 Å². The molecule has 0 aliphatic heterocycles. The highest BCUT2D eigenvalue weighted by atomic mass is 32.2. The predicted octanol–water partition coefficient (Wildman–Crippen LogP) is 4.66. The van der Waals surface area contributed by atoms with E-state index >= 15 is 0 Å². The van der Waals surface area contributed by atoms with Crippen LogP contribution in [0.5, 0.6) is 0 Å². The van der Waals surface area contributed by atoms with Crippen LogP contribution >= 0.6 is 47.0 Å². The predicted molar refractivity (Wildman–Crippen MR) is 109 cm³/mol. The fraction of sp³-hybridized carbons (Fsp3) is 0.438. The van der Waals surface area contributed by atoms with E-state index < -0.39 is 5.97 Å². The van der Waals surface area contributed by atoms with Crippen LogP contribution in [0, 0.1) is 0 Å². The van der Waals surface area contributed by atoms with Gasteiger partial charge in [-0.25, -0.2) is 5.26 Å². The highest BCUT2D eigenvalue weighted by Crippen LogP contribution is 2.20. The Balaban J connectivity index is 2.10. The Hall–Kier alpha value is -0.410. The van der Waals surface area contributed by atoms with Crippen molar-refractivity contribution in [2.24, 2.45) is 0 Å². The molecule has 8 heteroatoms. The molecule has 0 saturated carbocycles. The zero-order chi connectivity index (χ0) is 17.6. The minimum atomic E-state index is -0.747. The Kier molecular flexibility index (Phi) is 12.5. The first kappa shape index (κ1) is 21.6. The lowest BCUT2D eigenvalue weighted by atomic mass is 10.2. The maximum absolute atomic E-state index is 10.4. The van der Waals surface area contributed by atoms with Crippen LogP contribution in [0.1, 0.15) is 11.1 Å². The second kappa shape index (κ2) is 13.8. The third-order valence-corrected chi connectivity index (χ3v) is 7.08. The lowest BCUT2D eigenvalue weighted by Gasteiger charge is -2.05. The maximum Gasteiger partial charge on any atom is 0.313 e. The first-order valence-corrected chi connectivity index (χ1v) is 11.7. The van der Waals surface area contributed by atoms with Crippen LogP contribution in [0.3, 0.4) is 0 Å². The maximum atomic E-state index is 10.4. The van der Waals surface area contributed by atoms with E-state index in [9.17, 15) is 4.79 Å². The van der Waals surface area contributed by atoms with Gasteiger partial charge in [-0.1, -0.05) is 36.0 Å². The number of carboxylic acid groups (broad SMARTS) is 1. The first-order valence-electron chi connectivity index (χ1n) is 7.27. The van der Waals surface area contributed by atoms with Gasteiger partial charge in [-0.2, -0.15) is 23.5 Å². The van der Waals surface area contributed by atoms with E-state index in [1.54, 1.807) is 0 Å². The van der Waals surface area contributed by atoms with E-state index in [1.807, 2.05) is 23.5 Å². The highest BCUT2D eigenvalue weighted by molar-refractivity contribution is 8.04. The van der Waals surface area contributed by atoms with Gasteiger partial charge in [0.1, 0.15) is 0 Å². The second-order valence-corrected chi connectivity index (χ2v) is 9.15. The van der Waals surface area contributed by atoms with E-state index in [2.05, 4.69) is 35.7 Å². The largest absolute Gasteiger partial charge is 0.481 e. The van der Waals surface area contributed by atoms with Crippen LogP contribution in [0.15, 0.2) is 35.9 Å². The summed E-state index contributed by atoms with van der Waals surface area (Å²) >= 11 is 6.54. The fourth-order valence-electron chi connectivity index (χ4n) is 1.63. The van der Waals surface area contributed by atoms with Crippen molar-refractivity contribution in [3.8, 4) is 0 Å². The molecule has 1 rings (SSSR count). The molecule has 0 bridgehead atoms. The molecule has 1 aromatic rings. The van der Waals surface area contributed by atoms with E-state index in [4.69, 9.17) is 10.4 Å². The van der Waals surface area contributed by atoms with Crippen LogP contribution < -0.4 is 0 Å². The van der Waals surface area contributed by atoms with Crippen molar-refractivity contribution in [2.75, 3.05) is 28.8 Å². The summed E-state index contributed by atoms with van der Waals surface area (Å²) in [4.78, 5) is 14.4. The normalized spacial score (nSPS) is 10.5. The van der Waals surface area contributed by atoms with Gasteiger partial charge in [-0.3, -0.25) is 4.79 Å². The third-order valence-electron chi connectivity index (χ3n) is 2.75. The van der Waals surface area contributed by atoms with Gasteiger partial charge in [0.25, 0.3) is 0 Å². The molecule has 0 atom stereocenters. The van der Waals surface area contributed by atoms with Gasteiger partial charge in [0.05, 0.1) is 5.75 Å². The number of benzene rings is 1. The summed E-state index contributed by atoms with van der Waals surface area (Å²) in [5, 5.41) is 17.3. The average molecular weight is 407 g/mol. The molecule has 24 heavy (non-hydrogen) atoms. The van der Waals surface area contributed by atoms with Gasteiger partial charge in [-0.15, -0.1) is 11.8 Å². The number of thioether (sulfide) groups is 4. The number of hydrogen-bond donors (Lipinski definition) is 2. The van der Waals surface area contributed by atoms with Crippen LogP contribution in [0.2, 0.25) is 0 Å². The molecule has 0 heterocycles. The van der Waals surface area contributed by atoms with Crippen LogP contribution in [-0.2, 0) is 21.2 Å². The number of hydrogen-bond acceptors (Lipinski definition) is 7. The lowest BCUT2D eigenvalue weighted by Crippen LogP contribution is -1.99. The number of carbonyl (C=O) groups is 1. The van der Waals surface area contributed by atoms with Gasteiger partial charge in [0.2, 0.25) is 0 Å². The standard InChI is InChI=1S/C16H22O4S4/c1-13(20-19)24-9-8-22-11-15-4-2-14(3-5-15)10-21-6-7-23-12-16(17)18/h2-5,19H,1,6-12H2,(H,17,18). The number of rotatable bonds is 14. The van der Waals surface area contributed by atoms with Gasteiger partial charge >= 0.3 is 5.97 Å². The Labute approximate surface area is 160 Å². The molecule has 0 fully saturated rings. The van der Waals surface area contributed by atoms with Crippen molar-refractivity contribution >= 4 is 53.0 Å². The second-order valence-electron chi connectivity index (χ2n) is 4.68. The van der Waals surface area contributed by atoms with E-state index in [0.29, 0.717) is 5.09 Å². The molecule has 0 radical (unpaired) electrons. The van der Waals surface area contributed by atoms with E-state index in [1.165, 1.54) is 34.7 Å².